The van der Waals surface area contributed by atoms with Gasteiger partial charge in [-0.1, -0.05) is 30.4 Å². The van der Waals surface area contributed by atoms with Crippen molar-refractivity contribution in [3.05, 3.63) is 59.5 Å². The van der Waals surface area contributed by atoms with E-state index in [1.165, 1.54) is 23.4 Å². The number of aliphatic hydroxyl groups is 2. The summed E-state index contributed by atoms with van der Waals surface area (Å²) in [5.41, 5.74) is 6.34. The van der Waals surface area contributed by atoms with Crippen LogP contribution in [0.15, 0.2) is 54.0 Å². The maximum absolute atomic E-state index is 13.2. The van der Waals surface area contributed by atoms with Gasteiger partial charge < -0.3 is 39.4 Å². The number of thiol groups is 1. The molecule has 5 heterocycles. The number of aromatic nitrogens is 5. The number of pyridine rings is 1. The molecule has 2 fully saturated rings. The molecule has 2 saturated heterocycles. The molecule has 19 heteroatoms. The van der Waals surface area contributed by atoms with Crippen molar-refractivity contribution in [3.8, 4) is 0 Å². The van der Waals surface area contributed by atoms with Crippen LogP contribution in [-0.2, 0) is 27.6 Å². The molecule has 2 aliphatic rings. The average Bonchev–Trinajstić information content (AvgIpc) is 3.66. The predicted molar refractivity (Wildman–Crippen MR) is 156 cm³/mol. The van der Waals surface area contributed by atoms with E-state index in [9.17, 15) is 24.5 Å². The van der Waals surface area contributed by atoms with Crippen LogP contribution in [0, 0.1) is 0 Å². The van der Waals surface area contributed by atoms with Crippen molar-refractivity contribution in [2.45, 2.75) is 49.4 Å². The second-order valence-corrected chi connectivity index (χ2v) is 13.4. The minimum atomic E-state index is -4.18. The highest BCUT2D eigenvalue weighted by molar-refractivity contribution is 8.44. The second kappa shape index (κ2) is 12.5. The molecule has 43 heavy (non-hydrogen) atoms. The van der Waals surface area contributed by atoms with Crippen molar-refractivity contribution < 1.29 is 42.7 Å². The summed E-state index contributed by atoms with van der Waals surface area (Å²) in [5, 5.41) is 22.9. The lowest BCUT2D eigenvalue weighted by Crippen LogP contribution is -2.36. The van der Waals surface area contributed by atoms with Gasteiger partial charge in [0.1, 0.15) is 42.5 Å². The zero-order chi connectivity index (χ0) is 30.3. The first-order valence-electron chi connectivity index (χ1n) is 13.0. The zero-order valence-corrected chi connectivity index (χ0v) is 25.0. The highest BCUT2D eigenvalue weighted by Crippen LogP contribution is 2.48. The number of rotatable bonds is 10. The van der Waals surface area contributed by atoms with Gasteiger partial charge in [-0.3, -0.25) is 18.5 Å². The molecular formula is C24H28N6O10P2S. The van der Waals surface area contributed by atoms with Crippen LogP contribution in [0.25, 0.3) is 21.9 Å². The van der Waals surface area contributed by atoms with E-state index in [0.29, 0.717) is 21.9 Å². The van der Waals surface area contributed by atoms with Crippen molar-refractivity contribution >= 4 is 55.8 Å². The summed E-state index contributed by atoms with van der Waals surface area (Å²) in [7, 11) is -0.659. The first kappa shape index (κ1) is 30.5. The molecule has 0 spiro atoms. The molecule has 4 aromatic rings. The Morgan fingerprint density at radius 1 is 1.12 bits per heavy atom. The van der Waals surface area contributed by atoms with Crippen LogP contribution < -0.4 is 11.3 Å². The van der Waals surface area contributed by atoms with Crippen molar-refractivity contribution in [3.63, 3.8) is 0 Å². The summed E-state index contributed by atoms with van der Waals surface area (Å²) in [6.07, 6.45) is -2.30. The first-order valence-corrected chi connectivity index (χ1v) is 16.6. The topological polar surface area (TPSA) is 216 Å². The predicted octanol–water partition coefficient (Wildman–Crippen LogP) is 1.29. The monoisotopic (exact) mass is 654 g/mol. The van der Waals surface area contributed by atoms with Crippen LogP contribution in [0.4, 0.5) is 5.82 Å². The molecule has 230 valence electrons. The van der Waals surface area contributed by atoms with Gasteiger partial charge in [0.05, 0.1) is 25.6 Å². The number of nitrogens with zero attached hydrogens (tertiary/aromatic N) is 5. The fraction of sp³-hybridized carbons (Fsp3) is 0.417. The van der Waals surface area contributed by atoms with Crippen molar-refractivity contribution in [2.75, 3.05) is 18.9 Å². The van der Waals surface area contributed by atoms with Crippen LogP contribution in [0.2, 0.25) is 0 Å². The molecule has 5 N–H and O–H groups in total. The third-order valence-electron chi connectivity index (χ3n) is 7.22. The lowest BCUT2D eigenvalue weighted by molar-refractivity contribution is -0.0509. The lowest BCUT2D eigenvalue weighted by atomic mass is 10.1. The fourth-order valence-corrected chi connectivity index (χ4v) is 6.37. The second-order valence-electron chi connectivity index (χ2n) is 9.95. The van der Waals surface area contributed by atoms with Gasteiger partial charge in [0.15, 0.2) is 26.7 Å². The molecule has 2 aliphatic heterocycles. The Morgan fingerprint density at radius 2 is 1.93 bits per heavy atom. The molecule has 1 aromatic carbocycles. The molecule has 0 radical (unpaired) electrons. The van der Waals surface area contributed by atoms with E-state index in [2.05, 4.69) is 27.2 Å². The normalized spacial score (nSPS) is 29.3. The van der Waals surface area contributed by atoms with E-state index in [1.807, 2.05) is 0 Å². The highest BCUT2D eigenvalue weighted by Gasteiger charge is 2.47. The number of imidazole rings is 1. The van der Waals surface area contributed by atoms with Gasteiger partial charge in [-0.15, -0.1) is 0 Å². The van der Waals surface area contributed by atoms with E-state index in [4.69, 9.17) is 28.8 Å². The van der Waals surface area contributed by atoms with Crippen LogP contribution in [0.3, 0.4) is 0 Å². The number of hydrogen-bond donors (Lipinski definition) is 5. The minimum Gasteiger partial charge on any atom is -0.390 e. The summed E-state index contributed by atoms with van der Waals surface area (Å²) in [6, 6.07) is 8.68. The van der Waals surface area contributed by atoms with Gasteiger partial charge in [-0.05, 0) is 17.5 Å². The average molecular weight is 655 g/mol. The van der Waals surface area contributed by atoms with Gasteiger partial charge in [-0.25, -0.2) is 19.5 Å². The standard InChI is InChI=1S/C24H28N6O10P2S/c25-21-18-22(27-10-26-21)30(11-28-18)17-7-14(31)15(38-17)8-36-41-40-20-16(9-37-42(34,35)43)39-24(19(20)32)29-6-5-12-3-1-2-4-13(12)23(29)33/h1-6,10-11,14-17,19-20,24,31-32,41H,7-9H2,(H2,25,26,27)(H2,34,35,43)/t14-,15-,16-,17-,19?,20-,24-/m1/s1. The van der Waals surface area contributed by atoms with Gasteiger partial charge in [0.25, 0.3) is 5.56 Å². The maximum atomic E-state index is 13.2. The molecule has 0 bridgehead atoms. The molecule has 3 aromatic heterocycles. The van der Waals surface area contributed by atoms with Crippen LogP contribution >= 0.6 is 28.1 Å². The smallest absolute Gasteiger partial charge is 0.383 e. The number of nitrogens with two attached hydrogens (primary N) is 1. The Hall–Kier alpha value is -2.53. The van der Waals surface area contributed by atoms with Crippen LogP contribution in [-0.4, -0.2) is 82.9 Å². The van der Waals surface area contributed by atoms with Crippen LogP contribution in [0.1, 0.15) is 18.9 Å². The van der Waals surface area contributed by atoms with E-state index in [-0.39, 0.29) is 18.8 Å². The van der Waals surface area contributed by atoms with Crippen molar-refractivity contribution in [1.29, 1.82) is 0 Å². The third-order valence-corrected chi connectivity index (χ3v) is 8.71. The molecule has 9 atom stereocenters. The highest BCUT2D eigenvalue weighted by atomic mass is 32.7. The number of ether oxygens (including phenoxy) is 2. The number of hydrogen-bond acceptors (Lipinski definition) is 13. The number of nitrogen functional groups attached to an aromatic ring is 1. The van der Waals surface area contributed by atoms with Crippen LogP contribution in [0.5, 0.6) is 0 Å². The first-order chi connectivity index (χ1) is 20.6. The summed E-state index contributed by atoms with van der Waals surface area (Å²) in [6.45, 7) is -4.69. The molecule has 0 amide bonds. The number of anilines is 1. The fourth-order valence-electron chi connectivity index (χ4n) is 5.13. The summed E-state index contributed by atoms with van der Waals surface area (Å²) >= 11 is 3.52. The Kier molecular flexibility index (Phi) is 8.84. The number of benzene rings is 1. The summed E-state index contributed by atoms with van der Waals surface area (Å²) < 4.78 is 42.8. The SMILES string of the molecule is Nc1ncnc2c1ncn2[C@H]1C[C@@H](O)[C@@H](COPO[C@H]2C(O)[C@H](n3ccc4ccccc4c3=O)O[C@@H]2COP(=O)(O)S)O1. The zero-order valence-electron chi connectivity index (χ0n) is 22.2. The van der Waals surface area contributed by atoms with Gasteiger partial charge >= 0.3 is 6.80 Å². The van der Waals surface area contributed by atoms with E-state index < -0.39 is 71.0 Å². The Bertz CT molecular complexity index is 1720. The van der Waals surface area contributed by atoms with Crippen molar-refractivity contribution in [2.24, 2.45) is 0 Å². The molecule has 16 nitrogen and oxygen atoms in total. The van der Waals surface area contributed by atoms with E-state index >= 15 is 0 Å². The number of aliphatic hydroxyl groups excluding tert-OH is 2. The molecular weight excluding hydrogens is 626 g/mol. The Labute approximate surface area is 250 Å². The maximum Gasteiger partial charge on any atom is 0.383 e. The minimum absolute atomic E-state index is 0.0548. The summed E-state index contributed by atoms with van der Waals surface area (Å²) in [4.78, 5) is 35.0. The van der Waals surface area contributed by atoms with Gasteiger partial charge in [-0.2, -0.15) is 0 Å². The third kappa shape index (κ3) is 6.34. The van der Waals surface area contributed by atoms with Crippen molar-refractivity contribution in [1.82, 2.24) is 24.1 Å². The largest absolute Gasteiger partial charge is 0.390 e. The lowest BCUT2D eigenvalue weighted by Gasteiger charge is -2.21. The van der Waals surface area contributed by atoms with Gasteiger partial charge in [0.2, 0.25) is 0 Å². The quantitative estimate of drug-likeness (QED) is 0.0926. The molecule has 0 saturated carbocycles. The van der Waals surface area contributed by atoms with E-state index in [0.717, 1.165) is 0 Å². The Balaban J connectivity index is 1.10. The molecule has 6 rings (SSSR count). The molecule has 3 unspecified atom stereocenters. The number of fused-ring (bicyclic) bond motifs is 2. The summed E-state index contributed by atoms with van der Waals surface area (Å²) in [5.74, 6) is 0.228. The van der Waals surface area contributed by atoms with E-state index in [1.54, 1.807) is 34.9 Å². The van der Waals surface area contributed by atoms with Gasteiger partial charge in [0, 0.05) is 18.0 Å². The Morgan fingerprint density at radius 3 is 2.74 bits per heavy atom. The molecule has 0 aliphatic carbocycles.